The first kappa shape index (κ1) is 18.2. The van der Waals surface area contributed by atoms with Gasteiger partial charge in [-0.2, -0.15) is 13.1 Å². The van der Waals surface area contributed by atoms with Crippen LogP contribution >= 0.6 is 0 Å². The summed E-state index contributed by atoms with van der Waals surface area (Å²) < 4.78 is 40.1. The lowest BCUT2D eigenvalue weighted by atomic mass is 9.97. The molecule has 138 valence electrons. The summed E-state index contributed by atoms with van der Waals surface area (Å²) in [6.07, 6.45) is 4.22. The van der Waals surface area contributed by atoms with Crippen LogP contribution in [-0.2, 0) is 10.3 Å². The molecule has 1 aliphatic heterocycles. The third kappa shape index (κ3) is 4.74. The standard InChI is InChI=1S/C18H26N2O4S/c1-13(2)10-16(19-25(21,22)23)14-6-7-17-15(11-14)12-18(24-17)20-8-4-3-5-9-20/h6-7,11-13,16,19H,3-5,8-10H2,1-2H3,(H,21,22,23). The smallest absolute Gasteiger partial charge is 0.333 e. The van der Waals surface area contributed by atoms with Crippen molar-refractivity contribution in [3.63, 3.8) is 0 Å². The molecule has 1 atom stereocenters. The van der Waals surface area contributed by atoms with Crippen LogP contribution in [0.25, 0.3) is 11.0 Å². The minimum Gasteiger partial charge on any atom is -0.441 e. The molecule has 1 fully saturated rings. The summed E-state index contributed by atoms with van der Waals surface area (Å²) in [6.45, 7) is 6.05. The number of benzene rings is 1. The summed E-state index contributed by atoms with van der Waals surface area (Å²) >= 11 is 0. The molecule has 3 rings (SSSR count). The van der Waals surface area contributed by atoms with Crippen molar-refractivity contribution in [2.24, 2.45) is 5.92 Å². The van der Waals surface area contributed by atoms with Gasteiger partial charge in [-0.05, 0) is 49.3 Å². The summed E-state index contributed by atoms with van der Waals surface area (Å²) in [5.74, 6) is 1.15. The van der Waals surface area contributed by atoms with Gasteiger partial charge >= 0.3 is 10.3 Å². The largest absolute Gasteiger partial charge is 0.441 e. The van der Waals surface area contributed by atoms with Gasteiger partial charge in [-0.1, -0.05) is 19.9 Å². The average Bonchev–Trinajstić information content (AvgIpc) is 2.96. The van der Waals surface area contributed by atoms with Crippen LogP contribution in [0.15, 0.2) is 28.7 Å². The van der Waals surface area contributed by atoms with Crippen molar-refractivity contribution in [1.29, 1.82) is 0 Å². The Hall–Kier alpha value is -1.57. The SMILES string of the molecule is CC(C)CC(NS(=O)(=O)O)c1ccc2oc(N3CCCCC3)cc2c1. The lowest BCUT2D eigenvalue weighted by molar-refractivity contribution is 0.426. The molecule has 1 unspecified atom stereocenters. The summed E-state index contributed by atoms with van der Waals surface area (Å²) in [6, 6.07) is 7.23. The third-order valence-corrected chi connectivity index (χ3v) is 5.18. The van der Waals surface area contributed by atoms with Crippen molar-refractivity contribution in [2.45, 2.75) is 45.6 Å². The van der Waals surface area contributed by atoms with Crippen molar-refractivity contribution in [1.82, 2.24) is 4.72 Å². The van der Waals surface area contributed by atoms with Gasteiger partial charge in [0.25, 0.3) is 0 Å². The zero-order valence-corrected chi connectivity index (χ0v) is 15.6. The molecule has 0 saturated carbocycles. The minimum atomic E-state index is -4.26. The molecular formula is C18H26N2O4S. The Morgan fingerprint density at radius 1 is 1.20 bits per heavy atom. The van der Waals surface area contributed by atoms with Gasteiger partial charge in [0, 0.05) is 30.6 Å². The van der Waals surface area contributed by atoms with Crippen LogP contribution in [0, 0.1) is 5.92 Å². The molecule has 1 saturated heterocycles. The number of hydrogen-bond acceptors (Lipinski definition) is 4. The van der Waals surface area contributed by atoms with E-state index in [-0.39, 0.29) is 5.92 Å². The fraction of sp³-hybridized carbons (Fsp3) is 0.556. The Kier molecular flexibility index (Phi) is 5.36. The van der Waals surface area contributed by atoms with E-state index in [1.807, 2.05) is 38.1 Å². The summed E-state index contributed by atoms with van der Waals surface area (Å²) in [5, 5.41) is 0.948. The first-order valence-corrected chi connectivity index (χ1v) is 10.3. The number of hydrogen-bond donors (Lipinski definition) is 2. The van der Waals surface area contributed by atoms with Gasteiger partial charge in [0.15, 0.2) is 5.88 Å². The highest BCUT2D eigenvalue weighted by atomic mass is 32.2. The fourth-order valence-electron chi connectivity index (χ4n) is 3.44. The summed E-state index contributed by atoms with van der Waals surface area (Å²) in [4.78, 5) is 2.26. The molecule has 0 bridgehead atoms. The highest BCUT2D eigenvalue weighted by Crippen LogP contribution is 2.31. The van der Waals surface area contributed by atoms with Crippen molar-refractivity contribution in [2.75, 3.05) is 18.0 Å². The first-order chi connectivity index (χ1) is 11.8. The molecule has 0 spiro atoms. The number of furan rings is 1. The summed E-state index contributed by atoms with van der Waals surface area (Å²) in [5.41, 5.74) is 1.62. The molecule has 0 amide bonds. The van der Waals surface area contributed by atoms with Crippen LogP contribution < -0.4 is 9.62 Å². The van der Waals surface area contributed by atoms with E-state index in [0.29, 0.717) is 6.42 Å². The zero-order valence-electron chi connectivity index (χ0n) is 14.7. The monoisotopic (exact) mass is 366 g/mol. The quantitative estimate of drug-likeness (QED) is 0.758. The zero-order chi connectivity index (χ0) is 18.0. The molecule has 0 aliphatic carbocycles. The van der Waals surface area contributed by atoms with E-state index in [1.54, 1.807) is 0 Å². The molecule has 2 N–H and O–H groups in total. The lowest BCUT2D eigenvalue weighted by Crippen LogP contribution is -2.28. The highest BCUT2D eigenvalue weighted by molar-refractivity contribution is 7.83. The van der Waals surface area contributed by atoms with E-state index in [0.717, 1.165) is 35.5 Å². The molecule has 2 aromatic rings. The highest BCUT2D eigenvalue weighted by Gasteiger charge is 2.20. The number of anilines is 1. The minimum absolute atomic E-state index is 0.281. The molecule has 25 heavy (non-hydrogen) atoms. The van der Waals surface area contributed by atoms with Crippen molar-refractivity contribution in [3.05, 3.63) is 29.8 Å². The van der Waals surface area contributed by atoms with Gasteiger partial charge < -0.3 is 9.32 Å². The van der Waals surface area contributed by atoms with Gasteiger partial charge in [-0.25, -0.2) is 0 Å². The van der Waals surface area contributed by atoms with Crippen LogP contribution in [0.1, 0.15) is 51.1 Å². The Bertz CT molecular complexity index is 823. The lowest BCUT2D eigenvalue weighted by Gasteiger charge is -2.25. The Morgan fingerprint density at radius 2 is 1.92 bits per heavy atom. The normalized spacial score (nSPS) is 17.4. The molecule has 1 aromatic heterocycles. The molecule has 2 heterocycles. The number of nitrogens with one attached hydrogen (secondary N) is 1. The Morgan fingerprint density at radius 3 is 2.56 bits per heavy atom. The molecular weight excluding hydrogens is 340 g/mol. The third-order valence-electron chi connectivity index (χ3n) is 4.60. The predicted octanol–water partition coefficient (Wildman–Crippen LogP) is 3.90. The maximum atomic E-state index is 11.3. The maximum Gasteiger partial charge on any atom is 0.333 e. The molecule has 1 aromatic carbocycles. The van der Waals surface area contributed by atoms with Crippen LogP contribution in [0.4, 0.5) is 5.88 Å². The van der Waals surface area contributed by atoms with Gasteiger partial charge in [-0.3, -0.25) is 4.55 Å². The number of fused-ring (bicyclic) bond motifs is 1. The van der Waals surface area contributed by atoms with Crippen LogP contribution in [-0.4, -0.2) is 26.1 Å². The van der Waals surface area contributed by atoms with Crippen molar-refractivity contribution < 1.29 is 17.4 Å². The summed E-state index contributed by atoms with van der Waals surface area (Å²) in [7, 11) is -4.26. The van der Waals surface area contributed by atoms with E-state index in [9.17, 15) is 13.0 Å². The number of piperidine rings is 1. The second kappa shape index (κ2) is 7.35. The molecule has 6 nitrogen and oxygen atoms in total. The van der Waals surface area contributed by atoms with Gasteiger partial charge in [0.1, 0.15) is 5.58 Å². The van der Waals surface area contributed by atoms with E-state index >= 15 is 0 Å². The van der Waals surface area contributed by atoms with Crippen LogP contribution in [0.5, 0.6) is 0 Å². The van der Waals surface area contributed by atoms with Crippen LogP contribution in [0.2, 0.25) is 0 Å². The number of nitrogens with zero attached hydrogens (tertiary/aromatic N) is 1. The second-order valence-corrected chi connectivity index (χ2v) is 8.39. The molecule has 0 radical (unpaired) electrons. The maximum absolute atomic E-state index is 11.3. The van der Waals surface area contributed by atoms with E-state index in [2.05, 4.69) is 9.62 Å². The van der Waals surface area contributed by atoms with Crippen molar-refractivity contribution >= 4 is 27.2 Å². The fourth-order valence-corrected chi connectivity index (χ4v) is 4.03. The topological polar surface area (TPSA) is 82.8 Å². The number of rotatable bonds is 6. The van der Waals surface area contributed by atoms with Gasteiger partial charge in [-0.15, -0.1) is 0 Å². The van der Waals surface area contributed by atoms with Crippen LogP contribution in [0.3, 0.4) is 0 Å². The Labute approximate surface area is 149 Å². The first-order valence-electron chi connectivity index (χ1n) is 8.85. The second-order valence-electron chi connectivity index (χ2n) is 7.20. The van der Waals surface area contributed by atoms with Gasteiger partial charge in [0.2, 0.25) is 0 Å². The van der Waals surface area contributed by atoms with E-state index in [4.69, 9.17) is 4.42 Å². The predicted molar refractivity (Wildman–Crippen MR) is 99.2 cm³/mol. The van der Waals surface area contributed by atoms with E-state index in [1.165, 1.54) is 19.3 Å². The van der Waals surface area contributed by atoms with Crippen molar-refractivity contribution in [3.8, 4) is 0 Å². The van der Waals surface area contributed by atoms with E-state index < -0.39 is 16.3 Å². The average molecular weight is 366 g/mol. The molecule has 7 heteroatoms. The van der Waals surface area contributed by atoms with Gasteiger partial charge in [0.05, 0.1) is 0 Å². The Balaban J connectivity index is 1.89. The molecule has 1 aliphatic rings.